The van der Waals surface area contributed by atoms with Gasteiger partial charge in [-0.2, -0.15) is 5.10 Å². The van der Waals surface area contributed by atoms with Crippen molar-refractivity contribution in [3.63, 3.8) is 0 Å². The van der Waals surface area contributed by atoms with Crippen LogP contribution in [-0.4, -0.2) is 21.9 Å². The Balaban J connectivity index is 2.38. The molecule has 2 aromatic rings. The molecule has 0 saturated carbocycles. The molecule has 0 aliphatic rings. The molecule has 0 spiro atoms. The van der Waals surface area contributed by atoms with E-state index in [-0.39, 0.29) is 12.6 Å². The highest BCUT2D eigenvalue weighted by molar-refractivity contribution is 6.30. The van der Waals surface area contributed by atoms with E-state index in [0.29, 0.717) is 0 Å². The predicted molar refractivity (Wildman–Crippen MR) is 82.1 cm³/mol. The number of hydrogen-bond acceptors (Lipinski definition) is 3. The molecular weight excluding hydrogens is 274 g/mol. The molecule has 0 radical (unpaired) electrons. The normalized spacial score (nSPS) is 12.5. The number of aryl methyl sites for hydroxylation is 2. The van der Waals surface area contributed by atoms with Crippen molar-refractivity contribution in [1.82, 2.24) is 9.78 Å². The van der Waals surface area contributed by atoms with Gasteiger partial charge in [-0.1, -0.05) is 23.7 Å². The summed E-state index contributed by atoms with van der Waals surface area (Å²) < 4.78 is 1.81. The van der Waals surface area contributed by atoms with Crippen molar-refractivity contribution >= 4 is 17.4 Å². The molecular formula is C15H20ClN3O. The van der Waals surface area contributed by atoms with Gasteiger partial charge in [-0.25, -0.2) is 0 Å². The second-order valence-electron chi connectivity index (χ2n) is 5.01. The first-order valence-electron chi connectivity index (χ1n) is 6.57. The highest BCUT2D eigenvalue weighted by Crippen LogP contribution is 2.30. The minimum absolute atomic E-state index is 0.0123. The Morgan fingerprint density at radius 1 is 1.45 bits per heavy atom. The molecule has 20 heavy (non-hydrogen) atoms. The van der Waals surface area contributed by atoms with Crippen molar-refractivity contribution in [2.75, 3.05) is 11.9 Å². The van der Waals surface area contributed by atoms with Crippen LogP contribution in [0.25, 0.3) is 0 Å². The molecule has 0 fully saturated rings. The van der Waals surface area contributed by atoms with E-state index in [4.69, 9.17) is 11.6 Å². The van der Waals surface area contributed by atoms with Gasteiger partial charge >= 0.3 is 0 Å². The molecule has 5 heteroatoms. The second-order valence-corrected chi connectivity index (χ2v) is 5.45. The summed E-state index contributed by atoms with van der Waals surface area (Å²) in [7, 11) is 3.89. The molecule has 0 saturated heterocycles. The Hall–Kier alpha value is -1.52. The van der Waals surface area contributed by atoms with Gasteiger partial charge in [0.2, 0.25) is 0 Å². The summed E-state index contributed by atoms with van der Waals surface area (Å²) in [6.45, 7) is 4.00. The maximum atomic E-state index is 9.56. The fourth-order valence-corrected chi connectivity index (χ4v) is 2.69. The fraction of sp³-hybridized carbons (Fsp3) is 0.400. The van der Waals surface area contributed by atoms with Gasteiger partial charge in [0.05, 0.1) is 18.3 Å². The zero-order valence-electron chi connectivity index (χ0n) is 12.3. The number of anilines is 1. The second kappa shape index (κ2) is 5.85. The smallest absolute Gasteiger partial charge is 0.132 e. The number of rotatable bonds is 4. The number of aromatic nitrogens is 2. The van der Waals surface area contributed by atoms with Crippen molar-refractivity contribution < 1.29 is 5.11 Å². The minimum atomic E-state index is -0.0123. The SMILES string of the molecule is Cc1nn(C)c(N(C)C(C)c2cccc(Cl)c2)c1CO. The van der Waals surface area contributed by atoms with E-state index < -0.39 is 0 Å². The summed E-state index contributed by atoms with van der Waals surface area (Å²) in [5.41, 5.74) is 2.85. The van der Waals surface area contributed by atoms with E-state index in [1.807, 2.05) is 43.9 Å². The van der Waals surface area contributed by atoms with E-state index in [0.717, 1.165) is 27.7 Å². The van der Waals surface area contributed by atoms with Crippen LogP contribution < -0.4 is 4.90 Å². The molecule has 1 heterocycles. The standard InChI is InChI=1S/C15H20ClN3O/c1-10-14(9-20)15(19(4)17-10)18(3)11(2)12-6-5-7-13(16)8-12/h5-8,11,20H,9H2,1-4H3. The van der Waals surface area contributed by atoms with Crippen LogP contribution in [0.4, 0.5) is 5.82 Å². The number of hydrogen-bond donors (Lipinski definition) is 1. The van der Waals surface area contributed by atoms with E-state index in [1.165, 1.54) is 0 Å². The number of nitrogens with zero attached hydrogens (tertiary/aromatic N) is 3. The van der Waals surface area contributed by atoms with Crippen LogP contribution in [0.1, 0.15) is 29.8 Å². The number of aliphatic hydroxyl groups is 1. The highest BCUT2D eigenvalue weighted by Gasteiger charge is 2.21. The van der Waals surface area contributed by atoms with Gasteiger partial charge in [-0.3, -0.25) is 4.68 Å². The third-order valence-electron chi connectivity index (χ3n) is 3.72. The van der Waals surface area contributed by atoms with E-state index in [9.17, 15) is 5.11 Å². The molecule has 4 nitrogen and oxygen atoms in total. The Bertz CT molecular complexity index is 609. The lowest BCUT2D eigenvalue weighted by atomic mass is 10.1. The van der Waals surface area contributed by atoms with Crippen LogP contribution in [0.5, 0.6) is 0 Å². The summed E-state index contributed by atoms with van der Waals surface area (Å²) in [4.78, 5) is 2.11. The molecule has 0 aliphatic carbocycles. The quantitative estimate of drug-likeness (QED) is 0.942. The molecule has 1 aromatic carbocycles. The molecule has 1 N–H and O–H groups in total. The average molecular weight is 294 g/mol. The Morgan fingerprint density at radius 3 is 2.75 bits per heavy atom. The fourth-order valence-electron chi connectivity index (χ4n) is 2.49. The lowest BCUT2D eigenvalue weighted by Gasteiger charge is -2.28. The zero-order chi connectivity index (χ0) is 14.9. The van der Waals surface area contributed by atoms with Crippen molar-refractivity contribution in [1.29, 1.82) is 0 Å². The minimum Gasteiger partial charge on any atom is -0.391 e. The molecule has 1 unspecified atom stereocenters. The summed E-state index contributed by atoms with van der Waals surface area (Å²) in [5, 5.41) is 14.7. The van der Waals surface area contributed by atoms with Gasteiger partial charge in [-0.05, 0) is 31.5 Å². The lowest BCUT2D eigenvalue weighted by molar-refractivity contribution is 0.281. The molecule has 108 valence electrons. The zero-order valence-corrected chi connectivity index (χ0v) is 13.0. The van der Waals surface area contributed by atoms with Crippen LogP contribution in [0.2, 0.25) is 5.02 Å². The third-order valence-corrected chi connectivity index (χ3v) is 3.95. The largest absolute Gasteiger partial charge is 0.391 e. The maximum Gasteiger partial charge on any atom is 0.132 e. The van der Waals surface area contributed by atoms with Crippen LogP contribution in [-0.2, 0) is 13.7 Å². The molecule has 0 bridgehead atoms. The van der Waals surface area contributed by atoms with Crippen LogP contribution in [0.3, 0.4) is 0 Å². The highest BCUT2D eigenvalue weighted by atomic mass is 35.5. The van der Waals surface area contributed by atoms with Gasteiger partial charge in [0, 0.05) is 24.7 Å². The molecule has 1 aromatic heterocycles. The van der Waals surface area contributed by atoms with Crippen molar-refractivity contribution in [3.8, 4) is 0 Å². The first kappa shape index (κ1) is 14.9. The summed E-state index contributed by atoms with van der Waals surface area (Å²) >= 11 is 6.06. The van der Waals surface area contributed by atoms with Gasteiger partial charge in [0.25, 0.3) is 0 Å². The summed E-state index contributed by atoms with van der Waals surface area (Å²) in [5.74, 6) is 0.928. The first-order valence-corrected chi connectivity index (χ1v) is 6.95. The van der Waals surface area contributed by atoms with E-state index in [1.54, 1.807) is 0 Å². The van der Waals surface area contributed by atoms with Crippen LogP contribution >= 0.6 is 11.6 Å². The van der Waals surface area contributed by atoms with Crippen molar-refractivity contribution in [3.05, 3.63) is 46.1 Å². The van der Waals surface area contributed by atoms with Gasteiger partial charge in [-0.15, -0.1) is 0 Å². The van der Waals surface area contributed by atoms with Gasteiger partial charge in [0.15, 0.2) is 0 Å². The van der Waals surface area contributed by atoms with Gasteiger partial charge in [0.1, 0.15) is 5.82 Å². The molecule has 1 atom stereocenters. The van der Waals surface area contributed by atoms with Crippen molar-refractivity contribution in [2.24, 2.45) is 7.05 Å². The summed E-state index contributed by atoms with van der Waals surface area (Å²) in [6, 6.07) is 7.96. The average Bonchev–Trinajstić information content (AvgIpc) is 2.71. The Kier molecular flexibility index (Phi) is 4.35. The molecule has 2 rings (SSSR count). The Morgan fingerprint density at radius 2 is 2.15 bits per heavy atom. The first-order chi connectivity index (χ1) is 9.45. The Labute approximate surface area is 124 Å². The van der Waals surface area contributed by atoms with E-state index >= 15 is 0 Å². The van der Waals surface area contributed by atoms with Crippen molar-refractivity contribution in [2.45, 2.75) is 26.5 Å². The van der Waals surface area contributed by atoms with Gasteiger partial charge < -0.3 is 10.0 Å². The van der Waals surface area contributed by atoms with Crippen LogP contribution in [0, 0.1) is 6.92 Å². The monoisotopic (exact) mass is 293 g/mol. The topological polar surface area (TPSA) is 41.3 Å². The predicted octanol–water partition coefficient (Wildman–Crippen LogP) is 3.07. The number of aliphatic hydroxyl groups excluding tert-OH is 1. The molecule has 0 aliphatic heterocycles. The molecule has 0 amide bonds. The third kappa shape index (κ3) is 2.67. The number of benzene rings is 1. The van der Waals surface area contributed by atoms with E-state index in [2.05, 4.69) is 23.0 Å². The summed E-state index contributed by atoms with van der Waals surface area (Å²) in [6.07, 6.45) is 0. The van der Waals surface area contributed by atoms with Crippen LogP contribution in [0.15, 0.2) is 24.3 Å². The number of halogens is 1. The lowest BCUT2D eigenvalue weighted by Crippen LogP contribution is -2.25. The maximum absolute atomic E-state index is 9.56.